The van der Waals surface area contributed by atoms with Crippen molar-refractivity contribution in [3.05, 3.63) is 41.3 Å². The first kappa shape index (κ1) is 15.3. The Balaban J connectivity index is 1.63. The Morgan fingerprint density at radius 3 is 2.52 bits per heavy atom. The van der Waals surface area contributed by atoms with Gasteiger partial charge in [0.15, 0.2) is 0 Å². The minimum Gasteiger partial charge on any atom is -0.361 e. The van der Waals surface area contributed by atoms with Crippen LogP contribution in [-0.2, 0) is 16.0 Å². The standard InChI is InChI=1S/C17H19N3O3/c1-10-15(11(2)23-20-10)9-16(21)18-13-4-3-5-14(8-13)19-17(22)12-6-7-12/h3-5,8,12H,6-7,9H2,1-2H3,(H,18,21)(H,19,22). The molecule has 2 amide bonds. The lowest BCUT2D eigenvalue weighted by Gasteiger charge is -2.08. The van der Waals surface area contributed by atoms with Crippen LogP contribution >= 0.6 is 0 Å². The summed E-state index contributed by atoms with van der Waals surface area (Å²) in [7, 11) is 0. The van der Waals surface area contributed by atoms with Gasteiger partial charge in [0.2, 0.25) is 11.8 Å². The van der Waals surface area contributed by atoms with Gasteiger partial charge in [-0.05, 0) is 44.9 Å². The van der Waals surface area contributed by atoms with Crippen LogP contribution in [-0.4, -0.2) is 17.0 Å². The van der Waals surface area contributed by atoms with E-state index in [1.807, 2.05) is 13.0 Å². The van der Waals surface area contributed by atoms with Crippen LogP contribution in [0, 0.1) is 19.8 Å². The van der Waals surface area contributed by atoms with E-state index in [4.69, 9.17) is 4.52 Å². The average molecular weight is 313 g/mol. The molecule has 0 radical (unpaired) electrons. The summed E-state index contributed by atoms with van der Waals surface area (Å²) in [6.07, 6.45) is 2.12. The van der Waals surface area contributed by atoms with Gasteiger partial charge in [-0.15, -0.1) is 0 Å². The van der Waals surface area contributed by atoms with Gasteiger partial charge in [0.25, 0.3) is 0 Å². The van der Waals surface area contributed by atoms with Gasteiger partial charge in [-0.25, -0.2) is 0 Å². The number of anilines is 2. The number of benzene rings is 1. The molecule has 0 bridgehead atoms. The van der Waals surface area contributed by atoms with Crippen LogP contribution in [0.2, 0.25) is 0 Å². The molecule has 2 aromatic rings. The third kappa shape index (κ3) is 3.77. The van der Waals surface area contributed by atoms with Crippen LogP contribution in [0.1, 0.15) is 29.9 Å². The summed E-state index contributed by atoms with van der Waals surface area (Å²) in [5.74, 6) is 0.699. The fourth-order valence-electron chi connectivity index (χ4n) is 2.38. The van der Waals surface area contributed by atoms with Gasteiger partial charge in [-0.2, -0.15) is 0 Å². The molecular formula is C17H19N3O3. The number of amides is 2. The summed E-state index contributed by atoms with van der Waals surface area (Å²) in [5, 5.41) is 9.54. The van der Waals surface area contributed by atoms with Gasteiger partial charge >= 0.3 is 0 Å². The summed E-state index contributed by atoms with van der Waals surface area (Å²) in [5.41, 5.74) is 2.87. The fraction of sp³-hybridized carbons (Fsp3) is 0.353. The van der Waals surface area contributed by atoms with E-state index in [1.165, 1.54) is 0 Å². The summed E-state index contributed by atoms with van der Waals surface area (Å²) in [4.78, 5) is 23.9. The van der Waals surface area contributed by atoms with E-state index >= 15 is 0 Å². The lowest BCUT2D eigenvalue weighted by molar-refractivity contribution is -0.117. The number of nitrogens with zero attached hydrogens (tertiary/aromatic N) is 1. The third-order valence-electron chi connectivity index (χ3n) is 3.88. The van der Waals surface area contributed by atoms with Crippen molar-refractivity contribution in [3.8, 4) is 0 Å². The van der Waals surface area contributed by atoms with Crippen LogP contribution in [0.5, 0.6) is 0 Å². The second-order valence-corrected chi connectivity index (χ2v) is 5.87. The highest BCUT2D eigenvalue weighted by molar-refractivity contribution is 5.96. The molecule has 0 atom stereocenters. The first-order valence-corrected chi connectivity index (χ1v) is 7.65. The zero-order chi connectivity index (χ0) is 16.4. The van der Waals surface area contributed by atoms with Crippen LogP contribution in [0.4, 0.5) is 11.4 Å². The Hall–Kier alpha value is -2.63. The summed E-state index contributed by atoms with van der Waals surface area (Å²) in [6, 6.07) is 7.15. The summed E-state index contributed by atoms with van der Waals surface area (Å²) >= 11 is 0. The minimum absolute atomic E-state index is 0.0456. The van der Waals surface area contributed by atoms with Crippen LogP contribution in [0.15, 0.2) is 28.8 Å². The molecule has 0 unspecified atom stereocenters. The van der Waals surface area contributed by atoms with Crippen LogP contribution in [0.3, 0.4) is 0 Å². The number of carbonyl (C=O) groups is 2. The highest BCUT2D eigenvalue weighted by Gasteiger charge is 2.29. The molecule has 1 aliphatic rings. The molecule has 1 saturated carbocycles. The van der Waals surface area contributed by atoms with Gasteiger partial charge in [0, 0.05) is 22.9 Å². The van der Waals surface area contributed by atoms with Crippen molar-refractivity contribution in [2.75, 3.05) is 10.6 Å². The molecular weight excluding hydrogens is 294 g/mol. The van der Waals surface area contributed by atoms with E-state index in [2.05, 4.69) is 15.8 Å². The van der Waals surface area contributed by atoms with E-state index in [-0.39, 0.29) is 24.2 Å². The maximum atomic E-state index is 12.2. The minimum atomic E-state index is -0.148. The normalized spacial score (nSPS) is 13.7. The molecule has 1 aromatic carbocycles. The number of hydrogen-bond acceptors (Lipinski definition) is 4. The quantitative estimate of drug-likeness (QED) is 0.889. The Morgan fingerprint density at radius 1 is 1.22 bits per heavy atom. The monoisotopic (exact) mass is 313 g/mol. The van der Waals surface area contributed by atoms with E-state index in [9.17, 15) is 9.59 Å². The van der Waals surface area contributed by atoms with E-state index in [0.717, 1.165) is 24.1 Å². The van der Waals surface area contributed by atoms with Crippen molar-refractivity contribution in [3.63, 3.8) is 0 Å². The topological polar surface area (TPSA) is 84.2 Å². The molecule has 23 heavy (non-hydrogen) atoms. The van der Waals surface area contributed by atoms with Crippen molar-refractivity contribution in [2.45, 2.75) is 33.1 Å². The van der Waals surface area contributed by atoms with Gasteiger partial charge in [-0.1, -0.05) is 11.2 Å². The first-order valence-electron chi connectivity index (χ1n) is 7.65. The highest BCUT2D eigenvalue weighted by Crippen LogP contribution is 2.30. The van der Waals surface area contributed by atoms with Gasteiger partial charge in [0.1, 0.15) is 5.76 Å². The van der Waals surface area contributed by atoms with E-state index < -0.39 is 0 Å². The Bertz CT molecular complexity index is 728. The number of carbonyl (C=O) groups excluding carboxylic acids is 2. The second kappa shape index (κ2) is 6.24. The van der Waals surface area contributed by atoms with E-state index in [0.29, 0.717) is 17.1 Å². The zero-order valence-corrected chi connectivity index (χ0v) is 13.2. The molecule has 0 aliphatic heterocycles. The molecule has 1 aromatic heterocycles. The molecule has 6 nitrogen and oxygen atoms in total. The molecule has 0 spiro atoms. The molecule has 2 N–H and O–H groups in total. The summed E-state index contributed by atoms with van der Waals surface area (Å²) < 4.78 is 5.06. The molecule has 1 fully saturated rings. The molecule has 1 aliphatic carbocycles. The lowest BCUT2D eigenvalue weighted by atomic mass is 10.1. The lowest BCUT2D eigenvalue weighted by Crippen LogP contribution is -2.16. The second-order valence-electron chi connectivity index (χ2n) is 5.87. The molecule has 6 heteroatoms. The largest absolute Gasteiger partial charge is 0.361 e. The highest BCUT2D eigenvalue weighted by atomic mass is 16.5. The third-order valence-corrected chi connectivity index (χ3v) is 3.88. The number of nitrogens with one attached hydrogen (secondary N) is 2. The number of aryl methyl sites for hydroxylation is 2. The number of aromatic nitrogens is 1. The summed E-state index contributed by atoms with van der Waals surface area (Å²) in [6.45, 7) is 3.60. The van der Waals surface area contributed by atoms with Gasteiger partial charge < -0.3 is 15.2 Å². The van der Waals surface area contributed by atoms with Crippen molar-refractivity contribution in [2.24, 2.45) is 5.92 Å². The predicted molar refractivity (Wildman–Crippen MR) is 86.1 cm³/mol. The number of hydrogen-bond donors (Lipinski definition) is 2. The van der Waals surface area contributed by atoms with Crippen molar-refractivity contribution in [1.29, 1.82) is 0 Å². The number of rotatable bonds is 5. The predicted octanol–water partition coefficient (Wildman–Crippen LogP) is 2.82. The SMILES string of the molecule is Cc1noc(C)c1CC(=O)Nc1cccc(NC(=O)C2CC2)c1. The fourth-order valence-corrected chi connectivity index (χ4v) is 2.38. The Kier molecular flexibility index (Phi) is 4.14. The van der Waals surface area contributed by atoms with Crippen molar-refractivity contribution < 1.29 is 14.1 Å². The van der Waals surface area contributed by atoms with Gasteiger partial charge in [-0.3, -0.25) is 9.59 Å². The maximum absolute atomic E-state index is 12.2. The van der Waals surface area contributed by atoms with Gasteiger partial charge in [0.05, 0.1) is 12.1 Å². The smallest absolute Gasteiger partial charge is 0.229 e. The Labute approximate surface area is 134 Å². The van der Waals surface area contributed by atoms with Crippen LogP contribution < -0.4 is 10.6 Å². The van der Waals surface area contributed by atoms with Crippen LogP contribution in [0.25, 0.3) is 0 Å². The Morgan fingerprint density at radius 2 is 1.91 bits per heavy atom. The molecule has 1 heterocycles. The average Bonchev–Trinajstić information content (AvgIpc) is 3.31. The van der Waals surface area contributed by atoms with Crippen molar-refractivity contribution >= 4 is 23.2 Å². The first-order chi connectivity index (χ1) is 11.0. The molecule has 120 valence electrons. The van der Waals surface area contributed by atoms with E-state index in [1.54, 1.807) is 25.1 Å². The maximum Gasteiger partial charge on any atom is 0.229 e. The molecule has 3 rings (SSSR count). The molecule has 0 saturated heterocycles. The van der Waals surface area contributed by atoms with Crippen molar-refractivity contribution in [1.82, 2.24) is 5.16 Å². The zero-order valence-electron chi connectivity index (χ0n) is 13.2.